The largest absolute Gasteiger partial charge is 0.458 e. The number of rotatable bonds is 3. The van der Waals surface area contributed by atoms with Crippen LogP contribution >= 0.6 is 0 Å². The van der Waals surface area contributed by atoms with Gasteiger partial charge in [-0.15, -0.1) is 0 Å². The topological polar surface area (TPSA) is 93.6 Å². The van der Waals surface area contributed by atoms with E-state index in [1.54, 1.807) is 11.0 Å². The molecule has 0 atom stereocenters. The molecule has 0 bridgehead atoms. The fraction of sp³-hybridized carbons (Fsp3) is 0.462. The maximum absolute atomic E-state index is 11.9. The summed E-state index contributed by atoms with van der Waals surface area (Å²) in [5, 5.41) is 6.57. The van der Waals surface area contributed by atoms with Crippen molar-refractivity contribution in [3.63, 3.8) is 0 Å². The number of aryl methyl sites for hydroxylation is 1. The van der Waals surface area contributed by atoms with Crippen molar-refractivity contribution in [3.8, 4) is 11.6 Å². The summed E-state index contributed by atoms with van der Waals surface area (Å²) in [7, 11) is 0. The van der Waals surface area contributed by atoms with Gasteiger partial charge in [0.25, 0.3) is 0 Å². The number of nitrogens with zero attached hydrogens (tertiary/aromatic N) is 3. The van der Waals surface area contributed by atoms with Gasteiger partial charge in [0.1, 0.15) is 5.76 Å². The Bertz CT molecular complexity index is 615. The molecule has 0 unspecified atom stereocenters. The Morgan fingerprint density at radius 3 is 2.90 bits per heavy atom. The zero-order valence-corrected chi connectivity index (χ0v) is 11.7. The number of carbonyl (C=O) groups is 1. The summed E-state index contributed by atoms with van der Waals surface area (Å²) < 4.78 is 15.7. The maximum Gasteiger partial charge on any atom is 0.317 e. The van der Waals surface area contributed by atoms with Gasteiger partial charge in [0.05, 0.1) is 19.8 Å². The first kappa shape index (κ1) is 13.6. The summed E-state index contributed by atoms with van der Waals surface area (Å²) in [5.41, 5.74) is 0. The van der Waals surface area contributed by atoms with E-state index >= 15 is 0 Å². The van der Waals surface area contributed by atoms with E-state index in [9.17, 15) is 4.79 Å². The van der Waals surface area contributed by atoms with E-state index in [4.69, 9.17) is 13.7 Å². The first-order chi connectivity index (χ1) is 10.2. The van der Waals surface area contributed by atoms with Crippen LogP contribution in [-0.4, -0.2) is 47.4 Å². The fourth-order valence-electron chi connectivity index (χ4n) is 2.01. The highest BCUT2D eigenvalue weighted by molar-refractivity contribution is 5.74. The molecule has 0 aliphatic carbocycles. The number of ether oxygens (including phenoxy) is 1. The molecular weight excluding hydrogens is 276 g/mol. The molecule has 21 heavy (non-hydrogen) atoms. The van der Waals surface area contributed by atoms with Gasteiger partial charge in [-0.1, -0.05) is 5.16 Å². The zero-order chi connectivity index (χ0) is 14.7. The highest BCUT2D eigenvalue weighted by Crippen LogP contribution is 2.18. The molecule has 2 aromatic rings. The normalized spacial score (nSPS) is 15.2. The summed E-state index contributed by atoms with van der Waals surface area (Å²) in [5.74, 6) is 2.03. The average Bonchev–Trinajstić information content (AvgIpc) is 3.14. The number of hydrogen-bond donors (Lipinski definition) is 1. The molecule has 2 aromatic heterocycles. The van der Waals surface area contributed by atoms with Crippen molar-refractivity contribution in [2.45, 2.75) is 13.5 Å². The smallest absolute Gasteiger partial charge is 0.317 e. The van der Waals surface area contributed by atoms with Gasteiger partial charge >= 0.3 is 6.03 Å². The van der Waals surface area contributed by atoms with Gasteiger partial charge < -0.3 is 23.9 Å². The molecule has 0 radical (unpaired) electrons. The molecule has 1 aliphatic heterocycles. The Morgan fingerprint density at radius 1 is 1.38 bits per heavy atom. The highest BCUT2D eigenvalue weighted by atomic mass is 16.5. The summed E-state index contributed by atoms with van der Waals surface area (Å²) in [6.45, 7) is 4.33. The monoisotopic (exact) mass is 292 g/mol. The lowest BCUT2D eigenvalue weighted by Gasteiger charge is -2.26. The van der Waals surface area contributed by atoms with Crippen LogP contribution in [0.25, 0.3) is 11.6 Å². The second-order valence-electron chi connectivity index (χ2n) is 4.68. The Labute approximate surface area is 121 Å². The van der Waals surface area contributed by atoms with Gasteiger partial charge in [-0.2, -0.15) is 4.98 Å². The first-order valence-electron chi connectivity index (χ1n) is 6.72. The molecule has 112 valence electrons. The van der Waals surface area contributed by atoms with Crippen molar-refractivity contribution in [2.75, 3.05) is 26.3 Å². The van der Waals surface area contributed by atoms with E-state index in [0.29, 0.717) is 43.8 Å². The third-order valence-corrected chi connectivity index (χ3v) is 3.12. The standard InChI is InChI=1S/C13H16N4O4/c1-9-2-3-10(20-9)12-15-11(21-16-12)8-14-13(18)17-4-6-19-7-5-17/h2-3H,4-8H2,1H3,(H,14,18). The predicted octanol–water partition coefficient (Wildman–Crippen LogP) is 1.18. The van der Waals surface area contributed by atoms with Gasteiger partial charge in [0.2, 0.25) is 11.7 Å². The minimum atomic E-state index is -0.160. The van der Waals surface area contributed by atoms with E-state index in [1.807, 2.05) is 13.0 Å². The van der Waals surface area contributed by atoms with Crippen molar-refractivity contribution < 1.29 is 18.5 Å². The van der Waals surface area contributed by atoms with Crippen LogP contribution in [0.15, 0.2) is 21.1 Å². The Balaban J connectivity index is 1.56. The van der Waals surface area contributed by atoms with Crippen LogP contribution in [0.3, 0.4) is 0 Å². The van der Waals surface area contributed by atoms with Crippen molar-refractivity contribution in [2.24, 2.45) is 0 Å². The van der Waals surface area contributed by atoms with Crippen LogP contribution in [0.5, 0.6) is 0 Å². The van der Waals surface area contributed by atoms with Gasteiger partial charge in [0.15, 0.2) is 5.76 Å². The summed E-state index contributed by atoms with van der Waals surface area (Å²) >= 11 is 0. The van der Waals surface area contributed by atoms with Crippen LogP contribution in [0.4, 0.5) is 4.79 Å². The van der Waals surface area contributed by atoms with E-state index in [-0.39, 0.29) is 12.6 Å². The molecule has 3 heterocycles. The number of morpholine rings is 1. The SMILES string of the molecule is Cc1ccc(-c2noc(CNC(=O)N3CCOCC3)n2)o1. The van der Waals surface area contributed by atoms with Gasteiger partial charge in [0, 0.05) is 13.1 Å². The fourth-order valence-corrected chi connectivity index (χ4v) is 2.01. The van der Waals surface area contributed by atoms with E-state index < -0.39 is 0 Å². The lowest BCUT2D eigenvalue weighted by molar-refractivity contribution is 0.0529. The van der Waals surface area contributed by atoms with E-state index in [2.05, 4.69) is 15.5 Å². The number of hydrogen-bond acceptors (Lipinski definition) is 6. The van der Waals surface area contributed by atoms with Crippen LogP contribution in [-0.2, 0) is 11.3 Å². The second kappa shape index (κ2) is 5.96. The molecule has 1 aliphatic rings. The quantitative estimate of drug-likeness (QED) is 0.913. The Kier molecular flexibility index (Phi) is 3.87. The number of furan rings is 1. The Hall–Kier alpha value is -2.35. The summed E-state index contributed by atoms with van der Waals surface area (Å²) in [6.07, 6.45) is 0. The molecule has 0 saturated carbocycles. The van der Waals surface area contributed by atoms with E-state index in [1.165, 1.54) is 0 Å². The van der Waals surface area contributed by atoms with Crippen LogP contribution in [0.2, 0.25) is 0 Å². The third kappa shape index (κ3) is 3.22. The number of nitrogens with one attached hydrogen (secondary N) is 1. The predicted molar refractivity (Wildman–Crippen MR) is 71.4 cm³/mol. The molecule has 2 amide bonds. The molecule has 3 rings (SSSR count). The second-order valence-corrected chi connectivity index (χ2v) is 4.68. The molecule has 0 spiro atoms. The minimum Gasteiger partial charge on any atom is -0.458 e. The van der Waals surface area contributed by atoms with E-state index in [0.717, 1.165) is 5.76 Å². The average molecular weight is 292 g/mol. The summed E-state index contributed by atoms with van der Waals surface area (Å²) in [4.78, 5) is 17.8. The van der Waals surface area contributed by atoms with Crippen molar-refractivity contribution in [1.29, 1.82) is 0 Å². The maximum atomic E-state index is 11.9. The molecule has 1 N–H and O–H groups in total. The van der Waals surface area contributed by atoms with Gasteiger partial charge in [-0.05, 0) is 19.1 Å². The number of carbonyl (C=O) groups excluding carboxylic acids is 1. The number of urea groups is 1. The first-order valence-corrected chi connectivity index (χ1v) is 6.72. The van der Waals surface area contributed by atoms with Crippen molar-refractivity contribution in [1.82, 2.24) is 20.4 Å². The van der Waals surface area contributed by atoms with Crippen molar-refractivity contribution in [3.05, 3.63) is 23.8 Å². The number of aromatic nitrogens is 2. The molecule has 0 aromatic carbocycles. The third-order valence-electron chi connectivity index (χ3n) is 3.12. The molecular formula is C13H16N4O4. The van der Waals surface area contributed by atoms with Crippen LogP contribution in [0.1, 0.15) is 11.7 Å². The Morgan fingerprint density at radius 2 is 2.19 bits per heavy atom. The molecule has 1 fully saturated rings. The lowest BCUT2D eigenvalue weighted by Crippen LogP contribution is -2.45. The molecule has 8 nitrogen and oxygen atoms in total. The zero-order valence-electron chi connectivity index (χ0n) is 11.7. The van der Waals surface area contributed by atoms with Gasteiger partial charge in [-0.25, -0.2) is 4.79 Å². The van der Waals surface area contributed by atoms with Crippen LogP contribution in [0, 0.1) is 6.92 Å². The van der Waals surface area contributed by atoms with Crippen molar-refractivity contribution >= 4 is 6.03 Å². The number of amides is 2. The lowest BCUT2D eigenvalue weighted by atomic mass is 10.4. The highest BCUT2D eigenvalue weighted by Gasteiger charge is 2.18. The molecule has 8 heteroatoms. The summed E-state index contributed by atoms with van der Waals surface area (Å²) in [6, 6.07) is 3.44. The molecule has 1 saturated heterocycles. The van der Waals surface area contributed by atoms with Gasteiger partial charge in [-0.3, -0.25) is 0 Å². The van der Waals surface area contributed by atoms with Crippen LogP contribution < -0.4 is 5.32 Å². The minimum absolute atomic E-state index is 0.160.